The van der Waals surface area contributed by atoms with Crippen LogP contribution in [-0.2, 0) is 0 Å². The number of allylic oxidation sites excluding steroid dienone is 1. The molecule has 3 aliphatic carbocycles. The van der Waals surface area contributed by atoms with Crippen LogP contribution < -0.4 is 0 Å². The maximum atomic E-state index is 9.72. The Balaban J connectivity index is 2.02. The van der Waals surface area contributed by atoms with E-state index in [9.17, 15) is 5.26 Å². The van der Waals surface area contributed by atoms with E-state index in [1.807, 2.05) is 0 Å². The molecule has 0 heterocycles. The molecule has 0 N–H and O–H groups in total. The van der Waals surface area contributed by atoms with Gasteiger partial charge in [0.2, 0.25) is 0 Å². The van der Waals surface area contributed by atoms with E-state index in [0.29, 0.717) is 23.7 Å². The monoisotopic (exact) mass is 484 g/mol. The Morgan fingerprint density at radius 2 is 2.12 bits per heavy atom. The molecule has 142 valence electrons. The van der Waals surface area contributed by atoms with Crippen molar-refractivity contribution < 1.29 is 0 Å². The standard InChI is InChI=1S/C22H32N2Se2/c1-14-8-9-22(26-12-23)16(3)6-7-18-15(2)10-17(19(14)20(18)22)11-21(4,5)24-13-25/h15-20H,1,6-11H2,2-5H3/t15-,16-,17-,18+,19-,20-,22-/m0/s1. The van der Waals surface area contributed by atoms with Crippen molar-refractivity contribution in [2.24, 2.45) is 40.5 Å². The van der Waals surface area contributed by atoms with Crippen molar-refractivity contribution in [3.8, 4) is 4.97 Å². The third kappa shape index (κ3) is 3.48. The Hall–Kier alpha value is -0.151. The fraction of sp³-hybridized carbons (Fsp3) is 0.818. The van der Waals surface area contributed by atoms with Gasteiger partial charge in [0.1, 0.15) is 0 Å². The van der Waals surface area contributed by atoms with Crippen LogP contribution in [0.25, 0.3) is 0 Å². The second kappa shape index (κ2) is 7.70. The van der Waals surface area contributed by atoms with Crippen LogP contribution in [-0.4, -0.2) is 40.8 Å². The van der Waals surface area contributed by atoms with Gasteiger partial charge in [-0.25, -0.2) is 0 Å². The van der Waals surface area contributed by atoms with E-state index in [-0.39, 0.29) is 24.8 Å². The van der Waals surface area contributed by atoms with Crippen molar-refractivity contribution in [3.63, 3.8) is 0 Å². The number of nitrogens with zero attached hydrogens (tertiary/aromatic N) is 2. The summed E-state index contributed by atoms with van der Waals surface area (Å²) in [5, 5.41) is 9.72. The molecule has 0 spiro atoms. The predicted molar refractivity (Wildman–Crippen MR) is 110 cm³/mol. The summed E-state index contributed by atoms with van der Waals surface area (Å²) in [6.45, 7) is 13.9. The zero-order valence-electron chi connectivity index (χ0n) is 16.6. The van der Waals surface area contributed by atoms with Crippen molar-refractivity contribution >= 4 is 35.2 Å². The first-order chi connectivity index (χ1) is 12.3. The second-order valence-corrected chi connectivity index (χ2v) is 12.5. The molecule has 0 unspecified atom stereocenters. The molecule has 0 aliphatic heterocycles. The zero-order valence-corrected chi connectivity index (χ0v) is 20.1. The van der Waals surface area contributed by atoms with Crippen molar-refractivity contribution in [1.82, 2.24) is 0 Å². The van der Waals surface area contributed by atoms with Crippen LogP contribution in [0.15, 0.2) is 17.1 Å². The minimum absolute atomic E-state index is 0.0795. The van der Waals surface area contributed by atoms with Gasteiger partial charge in [0.15, 0.2) is 0 Å². The van der Waals surface area contributed by atoms with E-state index in [4.69, 9.17) is 0 Å². The van der Waals surface area contributed by atoms with E-state index in [0.717, 1.165) is 24.7 Å². The van der Waals surface area contributed by atoms with E-state index in [1.54, 1.807) is 0 Å². The van der Waals surface area contributed by atoms with Gasteiger partial charge in [0.25, 0.3) is 0 Å². The van der Waals surface area contributed by atoms with Gasteiger partial charge in [0.05, 0.1) is 0 Å². The topological polar surface area (TPSA) is 36.1 Å². The minimum atomic E-state index is -0.0798. The Morgan fingerprint density at radius 3 is 2.77 bits per heavy atom. The summed E-state index contributed by atoms with van der Waals surface area (Å²) in [5.74, 6) is 4.15. The molecule has 3 rings (SSSR count). The fourth-order valence-corrected chi connectivity index (χ4v) is 9.64. The number of hydrogen-bond acceptors (Lipinski definition) is 2. The van der Waals surface area contributed by atoms with E-state index in [1.165, 1.54) is 31.3 Å². The molecular weight excluding hydrogens is 450 g/mol. The molecule has 7 atom stereocenters. The van der Waals surface area contributed by atoms with E-state index in [2.05, 4.69) is 64.5 Å². The van der Waals surface area contributed by atoms with Crippen molar-refractivity contribution in [3.05, 3.63) is 12.2 Å². The average molecular weight is 482 g/mol. The van der Waals surface area contributed by atoms with Crippen LogP contribution in [0.4, 0.5) is 0 Å². The first kappa shape index (κ1) is 20.6. The van der Waals surface area contributed by atoms with Gasteiger partial charge < -0.3 is 0 Å². The quantitative estimate of drug-likeness (QED) is 0.321. The summed E-state index contributed by atoms with van der Waals surface area (Å²) in [6, 6.07) is 0. The Bertz CT molecular complexity index is 658. The molecule has 0 aromatic carbocycles. The molecule has 4 heteroatoms. The summed E-state index contributed by atoms with van der Waals surface area (Å²) in [6.07, 6.45) is 7.40. The molecule has 0 aromatic rings. The third-order valence-electron chi connectivity index (χ3n) is 7.75. The molecule has 0 bridgehead atoms. The predicted octanol–water partition coefficient (Wildman–Crippen LogP) is 4.86. The first-order valence-electron chi connectivity index (χ1n) is 10.1. The van der Waals surface area contributed by atoms with Crippen LogP contribution in [0, 0.1) is 45.7 Å². The van der Waals surface area contributed by atoms with Gasteiger partial charge in [-0.3, -0.25) is 0 Å². The summed E-state index contributed by atoms with van der Waals surface area (Å²) in [4.78, 5) is 7.26. The fourth-order valence-electron chi connectivity index (χ4n) is 6.71. The molecule has 3 fully saturated rings. The van der Waals surface area contributed by atoms with E-state index < -0.39 is 0 Å². The molecule has 0 saturated heterocycles. The van der Waals surface area contributed by atoms with Crippen LogP contribution in [0.2, 0.25) is 4.31 Å². The van der Waals surface area contributed by atoms with Gasteiger partial charge in [0, 0.05) is 0 Å². The number of nitriles is 1. The summed E-state index contributed by atoms with van der Waals surface area (Å²) >= 11 is 2.88. The van der Waals surface area contributed by atoms with Gasteiger partial charge >= 0.3 is 174 Å². The number of aliphatic imine (C=N–C) groups is 1. The molecule has 26 heavy (non-hydrogen) atoms. The summed E-state index contributed by atoms with van der Waals surface area (Å²) in [7, 11) is 0. The normalized spacial score (nSPS) is 42.3. The molecule has 3 saturated carbocycles. The molecule has 0 radical (unpaired) electrons. The summed E-state index contributed by atoms with van der Waals surface area (Å²) in [5.41, 5.74) is 1.39. The van der Waals surface area contributed by atoms with Gasteiger partial charge in [-0.15, -0.1) is 0 Å². The molecule has 0 amide bonds. The van der Waals surface area contributed by atoms with E-state index >= 15 is 0 Å². The SMILES string of the molecule is C=C1CC[C@@]2([Se]C#N)[C@H]3[C@H](CC[C@@H]2C)[C@@H](C)C[C@@H](CC(C)(C)N=C=[Se])[C@H]13. The van der Waals surface area contributed by atoms with Crippen LogP contribution in [0.1, 0.15) is 66.2 Å². The first-order valence-corrected chi connectivity index (χ1v) is 12.7. The number of rotatable bonds is 4. The molecule has 3 aliphatic rings. The van der Waals surface area contributed by atoms with Crippen LogP contribution in [0.3, 0.4) is 0 Å². The van der Waals surface area contributed by atoms with Crippen LogP contribution in [0.5, 0.6) is 0 Å². The molecule has 2 nitrogen and oxygen atoms in total. The van der Waals surface area contributed by atoms with Crippen molar-refractivity contribution in [2.45, 2.75) is 76.1 Å². The average Bonchev–Trinajstić information content (AvgIpc) is 2.55. The number of hydrogen-bond donors (Lipinski definition) is 0. The van der Waals surface area contributed by atoms with Gasteiger partial charge in [-0.2, -0.15) is 0 Å². The summed E-state index contributed by atoms with van der Waals surface area (Å²) < 4.78 is 3.18. The Morgan fingerprint density at radius 1 is 1.38 bits per heavy atom. The molecular formula is C22H32N2Se2. The zero-order chi connectivity index (χ0) is 19.1. The molecule has 0 aromatic heterocycles. The Labute approximate surface area is 173 Å². The second-order valence-electron chi connectivity index (χ2n) is 9.69. The van der Waals surface area contributed by atoms with Gasteiger partial charge in [-0.1, -0.05) is 0 Å². The van der Waals surface area contributed by atoms with Gasteiger partial charge in [-0.05, 0) is 0 Å². The van der Waals surface area contributed by atoms with Crippen LogP contribution >= 0.6 is 0 Å². The van der Waals surface area contributed by atoms with Crippen molar-refractivity contribution in [2.75, 3.05) is 0 Å². The third-order valence-corrected chi connectivity index (χ3v) is 10.8. The Kier molecular flexibility index (Phi) is 6.09. The van der Waals surface area contributed by atoms with Crippen molar-refractivity contribution in [1.29, 1.82) is 5.26 Å². The maximum absolute atomic E-state index is 9.72.